The Bertz CT molecular complexity index is 1690. The number of nitrogens with zero attached hydrogens (tertiary/aromatic N) is 3. The third-order valence-corrected chi connectivity index (χ3v) is 5.97. The summed E-state index contributed by atoms with van der Waals surface area (Å²) in [4.78, 5) is 33.1. The van der Waals surface area contributed by atoms with Crippen LogP contribution in [-0.4, -0.2) is 25.4 Å². The summed E-state index contributed by atoms with van der Waals surface area (Å²) in [6.45, 7) is 5.67. The van der Waals surface area contributed by atoms with Crippen molar-refractivity contribution >= 4 is 39.9 Å². The van der Waals surface area contributed by atoms with Crippen molar-refractivity contribution in [1.82, 2.24) is 14.4 Å². The predicted molar refractivity (Wildman–Crippen MR) is 134 cm³/mol. The second-order valence-electron chi connectivity index (χ2n) is 8.47. The van der Waals surface area contributed by atoms with Crippen LogP contribution >= 0.6 is 11.6 Å². The fraction of sp³-hybridized carbons (Fsp3) is 0.154. The van der Waals surface area contributed by atoms with Crippen molar-refractivity contribution in [3.8, 4) is 11.3 Å². The molecule has 5 rings (SSSR count). The maximum Gasteiger partial charge on any atom is 0.356 e. The van der Waals surface area contributed by atoms with E-state index in [0.29, 0.717) is 28.0 Å². The molecule has 4 aromatic heterocycles. The van der Waals surface area contributed by atoms with Crippen LogP contribution in [0, 0.1) is 13.8 Å². The highest BCUT2D eigenvalue weighted by Crippen LogP contribution is 2.31. The number of anilines is 1. The van der Waals surface area contributed by atoms with E-state index in [4.69, 9.17) is 16.0 Å². The SMILES string of the molecule is Cc1cc(C(C)Nc2ccc(Cl)nc2C(=O)O)c2oc(-c3ccc4nc(C)cn4c3)cc(=O)c2c1. The summed E-state index contributed by atoms with van der Waals surface area (Å²) < 4.78 is 8.18. The molecule has 0 bridgehead atoms. The molecule has 176 valence electrons. The van der Waals surface area contributed by atoms with Gasteiger partial charge in [0.25, 0.3) is 0 Å². The van der Waals surface area contributed by atoms with Crippen LogP contribution in [0.25, 0.3) is 27.9 Å². The van der Waals surface area contributed by atoms with Crippen molar-refractivity contribution < 1.29 is 14.3 Å². The molecule has 2 N–H and O–H groups in total. The van der Waals surface area contributed by atoms with Crippen molar-refractivity contribution in [2.45, 2.75) is 26.8 Å². The van der Waals surface area contributed by atoms with Crippen molar-refractivity contribution in [3.63, 3.8) is 0 Å². The molecule has 1 unspecified atom stereocenters. The van der Waals surface area contributed by atoms with Crippen LogP contribution in [0.3, 0.4) is 0 Å². The molecular formula is C26H21ClN4O4. The van der Waals surface area contributed by atoms with Crippen LogP contribution in [0.2, 0.25) is 5.15 Å². The Labute approximate surface area is 204 Å². The van der Waals surface area contributed by atoms with Gasteiger partial charge in [0.15, 0.2) is 11.1 Å². The number of benzene rings is 1. The largest absolute Gasteiger partial charge is 0.476 e. The number of carbonyl (C=O) groups is 1. The lowest BCUT2D eigenvalue weighted by molar-refractivity contribution is 0.0691. The van der Waals surface area contributed by atoms with Crippen LogP contribution in [-0.2, 0) is 0 Å². The number of aromatic carboxylic acids is 1. The number of rotatable bonds is 5. The summed E-state index contributed by atoms with van der Waals surface area (Å²) in [6, 6.07) is 11.6. The van der Waals surface area contributed by atoms with E-state index in [1.165, 1.54) is 12.1 Å². The summed E-state index contributed by atoms with van der Waals surface area (Å²) in [7, 11) is 0. The highest BCUT2D eigenvalue weighted by Gasteiger charge is 2.20. The van der Waals surface area contributed by atoms with Gasteiger partial charge in [-0.3, -0.25) is 4.79 Å². The first-order valence-corrected chi connectivity index (χ1v) is 11.3. The molecule has 0 amide bonds. The average molecular weight is 489 g/mol. The maximum absolute atomic E-state index is 13.1. The number of aryl methyl sites for hydroxylation is 2. The van der Waals surface area contributed by atoms with E-state index in [-0.39, 0.29) is 16.3 Å². The van der Waals surface area contributed by atoms with Crippen LogP contribution in [0.4, 0.5) is 5.69 Å². The zero-order valence-corrected chi connectivity index (χ0v) is 19.9. The van der Waals surface area contributed by atoms with Gasteiger partial charge in [-0.15, -0.1) is 0 Å². The Morgan fingerprint density at radius 3 is 2.69 bits per heavy atom. The van der Waals surface area contributed by atoms with Crippen molar-refractivity contribution in [1.29, 1.82) is 0 Å². The molecule has 35 heavy (non-hydrogen) atoms. The summed E-state index contributed by atoms with van der Waals surface area (Å²) in [6.07, 6.45) is 3.77. The molecule has 0 saturated heterocycles. The van der Waals surface area contributed by atoms with Gasteiger partial charge < -0.3 is 19.2 Å². The molecule has 0 aliphatic heterocycles. The minimum atomic E-state index is -1.20. The number of halogens is 1. The highest BCUT2D eigenvalue weighted by molar-refractivity contribution is 6.29. The van der Waals surface area contributed by atoms with Crippen molar-refractivity contribution in [3.05, 3.63) is 92.7 Å². The number of carboxylic acid groups (broad SMARTS) is 1. The molecule has 5 aromatic rings. The van der Waals surface area contributed by atoms with E-state index in [2.05, 4.69) is 15.3 Å². The third-order valence-electron chi connectivity index (χ3n) is 5.76. The summed E-state index contributed by atoms with van der Waals surface area (Å²) in [5.41, 5.74) is 4.39. The van der Waals surface area contributed by atoms with Crippen LogP contribution in [0.5, 0.6) is 0 Å². The Kier molecular flexibility index (Phi) is 5.53. The number of fused-ring (bicyclic) bond motifs is 2. The van der Waals surface area contributed by atoms with Crippen LogP contribution in [0.1, 0.15) is 40.3 Å². The van der Waals surface area contributed by atoms with Crippen molar-refractivity contribution in [2.24, 2.45) is 0 Å². The van der Waals surface area contributed by atoms with Gasteiger partial charge in [0, 0.05) is 29.6 Å². The maximum atomic E-state index is 13.1. The first-order valence-electron chi connectivity index (χ1n) is 10.9. The number of aromatic nitrogens is 3. The van der Waals surface area contributed by atoms with Gasteiger partial charge in [0.1, 0.15) is 22.1 Å². The fourth-order valence-corrected chi connectivity index (χ4v) is 4.34. The van der Waals surface area contributed by atoms with Gasteiger partial charge in [-0.25, -0.2) is 14.8 Å². The van der Waals surface area contributed by atoms with E-state index in [0.717, 1.165) is 22.5 Å². The molecule has 9 heteroatoms. The molecule has 1 aromatic carbocycles. The summed E-state index contributed by atoms with van der Waals surface area (Å²) >= 11 is 5.89. The number of nitrogens with one attached hydrogen (secondary N) is 1. The average Bonchev–Trinajstić information content (AvgIpc) is 3.19. The molecule has 0 fully saturated rings. The van der Waals surface area contributed by atoms with Gasteiger partial charge in [-0.1, -0.05) is 17.7 Å². The van der Waals surface area contributed by atoms with Crippen LogP contribution in [0.15, 0.2) is 64.1 Å². The molecule has 1 atom stereocenters. The zero-order chi connectivity index (χ0) is 24.9. The van der Waals surface area contributed by atoms with E-state index < -0.39 is 12.0 Å². The first kappa shape index (κ1) is 22.6. The Morgan fingerprint density at radius 1 is 1.11 bits per heavy atom. The Balaban J connectivity index is 1.63. The number of pyridine rings is 2. The Hall–Kier alpha value is -4.17. The standard InChI is InChI=1S/C26H21ClN4O4/c1-13-8-17(15(3)29-19-5-6-22(27)30-24(19)26(33)34)25-18(9-13)20(32)10-21(35-25)16-4-7-23-28-14(2)11-31(23)12-16/h4-12,15,29H,1-3H3,(H,33,34). The van der Waals surface area contributed by atoms with Gasteiger partial charge in [-0.05, 0) is 56.7 Å². The molecule has 0 aliphatic carbocycles. The molecule has 4 heterocycles. The summed E-state index contributed by atoms with van der Waals surface area (Å²) in [5, 5.41) is 13.3. The van der Waals surface area contributed by atoms with E-state index in [9.17, 15) is 14.7 Å². The van der Waals surface area contributed by atoms with Crippen LogP contribution < -0.4 is 10.7 Å². The Morgan fingerprint density at radius 2 is 1.91 bits per heavy atom. The molecule has 0 saturated carbocycles. The number of hydrogen-bond donors (Lipinski definition) is 2. The topological polar surface area (TPSA) is 110 Å². The minimum Gasteiger partial charge on any atom is -0.476 e. The van der Waals surface area contributed by atoms with Gasteiger partial charge in [-0.2, -0.15) is 0 Å². The zero-order valence-electron chi connectivity index (χ0n) is 19.2. The second-order valence-corrected chi connectivity index (χ2v) is 8.86. The minimum absolute atomic E-state index is 0.0855. The fourth-order valence-electron chi connectivity index (χ4n) is 4.19. The number of hydrogen-bond acceptors (Lipinski definition) is 6. The number of imidazole rings is 1. The lowest BCUT2D eigenvalue weighted by Crippen LogP contribution is -2.13. The van der Waals surface area contributed by atoms with E-state index >= 15 is 0 Å². The number of carboxylic acids is 1. The van der Waals surface area contributed by atoms with Gasteiger partial charge >= 0.3 is 5.97 Å². The normalized spacial score (nSPS) is 12.2. The van der Waals surface area contributed by atoms with E-state index in [1.54, 1.807) is 12.1 Å². The quantitative estimate of drug-likeness (QED) is 0.308. The monoisotopic (exact) mass is 488 g/mol. The lowest BCUT2D eigenvalue weighted by atomic mass is 10.0. The third kappa shape index (κ3) is 4.24. The summed E-state index contributed by atoms with van der Waals surface area (Å²) in [5.74, 6) is -0.775. The predicted octanol–water partition coefficient (Wildman–Crippen LogP) is 5.64. The second kappa shape index (κ2) is 8.56. The molecule has 0 aliphatic rings. The molecule has 0 radical (unpaired) electrons. The lowest BCUT2D eigenvalue weighted by Gasteiger charge is -2.19. The molecule has 0 spiro atoms. The highest BCUT2D eigenvalue weighted by atomic mass is 35.5. The van der Waals surface area contributed by atoms with E-state index in [1.807, 2.05) is 55.8 Å². The first-order chi connectivity index (χ1) is 16.7. The molecule has 8 nitrogen and oxygen atoms in total. The van der Waals surface area contributed by atoms with Gasteiger partial charge in [0.2, 0.25) is 0 Å². The van der Waals surface area contributed by atoms with Gasteiger partial charge in [0.05, 0.1) is 22.8 Å². The van der Waals surface area contributed by atoms with Crippen molar-refractivity contribution in [2.75, 3.05) is 5.32 Å². The smallest absolute Gasteiger partial charge is 0.356 e. The molecular weight excluding hydrogens is 468 g/mol.